The zero-order valence-corrected chi connectivity index (χ0v) is 12.0. The molecule has 0 aromatic heterocycles. The highest BCUT2D eigenvalue weighted by Gasteiger charge is 2.14. The van der Waals surface area contributed by atoms with Crippen molar-refractivity contribution in [1.82, 2.24) is 0 Å². The van der Waals surface area contributed by atoms with Crippen LogP contribution in [-0.4, -0.2) is 0 Å². The molecule has 0 fully saturated rings. The largest absolute Gasteiger partial charge is 0.113 e. The molecule has 0 atom stereocenters. The summed E-state index contributed by atoms with van der Waals surface area (Å²) in [6, 6.07) is 32.0. The standard InChI is InChI=1S/C19H16S/c1-4-10-16(11-5-1)19(17-12-6-2-7-13-17)20-18-14-8-3-9-15-18/h1-15,19H. The first-order chi connectivity index (χ1) is 9.93. The van der Waals surface area contributed by atoms with E-state index < -0.39 is 0 Å². The highest BCUT2D eigenvalue weighted by Crippen LogP contribution is 2.40. The molecular formula is C19H16S. The van der Waals surface area contributed by atoms with Gasteiger partial charge in [-0.2, -0.15) is 0 Å². The summed E-state index contributed by atoms with van der Waals surface area (Å²) in [6.45, 7) is 0. The second kappa shape index (κ2) is 6.44. The second-order valence-electron chi connectivity index (χ2n) is 4.63. The van der Waals surface area contributed by atoms with Crippen LogP contribution < -0.4 is 0 Å². The molecule has 0 aliphatic carbocycles. The maximum atomic E-state index is 2.20. The third-order valence-electron chi connectivity index (χ3n) is 3.20. The molecule has 3 rings (SSSR count). The molecule has 0 saturated heterocycles. The van der Waals surface area contributed by atoms with E-state index in [1.807, 2.05) is 11.8 Å². The molecule has 1 heteroatoms. The van der Waals surface area contributed by atoms with E-state index in [4.69, 9.17) is 0 Å². The van der Waals surface area contributed by atoms with E-state index in [9.17, 15) is 0 Å². The summed E-state index contributed by atoms with van der Waals surface area (Å²) in [5, 5.41) is 0.333. The van der Waals surface area contributed by atoms with Gasteiger partial charge in [-0.15, -0.1) is 11.8 Å². The minimum absolute atomic E-state index is 0.333. The lowest BCUT2D eigenvalue weighted by Crippen LogP contribution is -1.96. The Bertz CT molecular complexity index is 593. The van der Waals surface area contributed by atoms with Gasteiger partial charge in [0.1, 0.15) is 0 Å². The Morgan fingerprint density at radius 3 is 1.35 bits per heavy atom. The Morgan fingerprint density at radius 1 is 0.500 bits per heavy atom. The van der Waals surface area contributed by atoms with Crippen molar-refractivity contribution in [1.29, 1.82) is 0 Å². The predicted molar refractivity (Wildman–Crippen MR) is 87.0 cm³/mol. The average Bonchev–Trinajstić information content (AvgIpc) is 2.55. The van der Waals surface area contributed by atoms with Gasteiger partial charge in [0.15, 0.2) is 0 Å². The van der Waals surface area contributed by atoms with Crippen LogP contribution in [-0.2, 0) is 0 Å². The topological polar surface area (TPSA) is 0 Å². The van der Waals surface area contributed by atoms with Crippen molar-refractivity contribution in [3.63, 3.8) is 0 Å². The summed E-state index contributed by atoms with van der Waals surface area (Å²) in [6.07, 6.45) is 0. The van der Waals surface area contributed by atoms with Crippen molar-refractivity contribution in [2.75, 3.05) is 0 Å². The lowest BCUT2D eigenvalue weighted by Gasteiger charge is -2.17. The first kappa shape index (κ1) is 13.0. The molecule has 0 heterocycles. The van der Waals surface area contributed by atoms with Crippen LogP contribution in [0.3, 0.4) is 0 Å². The number of hydrogen-bond donors (Lipinski definition) is 0. The van der Waals surface area contributed by atoms with E-state index >= 15 is 0 Å². The first-order valence-corrected chi connectivity index (χ1v) is 7.63. The second-order valence-corrected chi connectivity index (χ2v) is 5.81. The van der Waals surface area contributed by atoms with E-state index in [2.05, 4.69) is 91.0 Å². The van der Waals surface area contributed by atoms with Crippen molar-refractivity contribution in [3.8, 4) is 0 Å². The van der Waals surface area contributed by atoms with Crippen molar-refractivity contribution < 1.29 is 0 Å². The molecular weight excluding hydrogens is 260 g/mol. The van der Waals surface area contributed by atoms with E-state index in [0.29, 0.717) is 5.25 Å². The fraction of sp³-hybridized carbons (Fsp3) is 0.0526. The molecule has 0 nitrogen and oxygen atoms in total. The molecule has 0 spiro atoms. The number of hydrogen-bond acceptors (Lipinski definition) is 1. The van der Waals surface area contributed by atoms with Crippen LogP contribution in [0.25, 0.3) is 0 Å². The monoisotopic (exact) mass is 276 g/mol. The maximum Gasteiger partial charge on any atom is 0.0593 e. The van der Waals surface area contributed by atoms with Gasteiger partial charge in [-0.05, 0) is 23.3 Å². The SMILES string of the molecule is c1ccc(SC(c2ccccc2)c2ccccc2)cc1. The highest BCUT2D eigenvalue weighted by molar-refractivity contribution is 7.99. The van der Waals surface area contributed by atoms with Gasteiger partial charge < -0.3 is 0 Å². The van der Waals surface area contributed by atoms with Gasteiger partial charge in [0.25, 0.3) is 0 Å². The van der Waals surface area contributed by atoms with Crippen molar-refractivity contribution in [2.24, 2.45) is 0 Å². The Morgan fingerprint density at radius 2 is 0.900 bits per heavy atom. The van der Waals surface area contributed by atoms with Gasteiger partial charge in [-0.3, -0.25) is 0 Å². The Kier molecular flexibility index (Phi) is 4.19. The Hall–Kier alpha value is -1.99. The van der Waals surface area contributed by atoms with Crippen molar-refractivity contribution in [3.05, 3.63) is 102 Å². The van der Waals surface area contributed by atoms with E-state index in [1.54, 1.807) is 0 Å². The van der Waals surface area contributed by atoms with E-state index in [-0.39, 0.29) is 0 Å². The van der Waals surface area contributed by atoms with Crippen LogP contribution in [0.5, 0.6) is 0 Å². The van der Waals surface area contributed by atoms with Gasteiger partial charge in [0.05, 0.1) is 5.25 Å². The summed E-state index contributed by atoms with van der Waals surface area (Å²) in [7, 11) is 0. The fourth-order valence-electron chi connectivity index (χ4n) is 2.22. The van der Waals surface area contributed by atoms with Crippen LogP contribution in [0.15, 0.2) is 95.9 Å². The van der Waals surface area contributed by atoms with Crippen LogP contribution in [0, 0.1) is 0 Å². The third-order valence-corrected chi connectivity index (χ3v) is 4.53. The van der Waals surface area contributed by atoms with Gasteiger partial charge in [0.2, 0.25) is 0 Å². The first-order valence-electron chi connectivity index (χ1n) is 6.75. The molecule has 0 aliphatic heterocycles. The number of thioether (sulfide) groups is 1. The van der Waals surface area contributed by atoms with Crippen LogP contribution in [0.4, 0.5) is 0 Å². The van der Waals surface area contributed by atoms with Crippen molar-refractivity contribution in [2.45, 2.75) is 10.1 Å². The summed E-state index contributed by atoms with van der Waals surface area (Å²) < 4.78 is 0. The zero-order valence-electron chi connectivity index (χ0n) is 11.1. The molecule has 0 bridgehead atoms. The summed E-state index contributed by atoms with van der Waals surface area (Å²) in [4.78, 5) is 1.30. The molecule has 0 N–H and O–H groups in total. The predicted octanol–water partition coefficient (Wildman–Crippen LogP) is 5.57. The lowest BCUT2D eigenvalue weighted by atomic mass is 10.0. The van der Waals surface area contributed by atoms with Crippen LogP contribution in [0.2, 0.25) is 0 Å². The number of rotatable bonds is 4. The molecule has 0 radical (unpaired) electrons. The van der Waals surface area contributed by atoms with Crippen LogP contribution >= 0.6 is 11.8 Å². The van der Waals surface area contributed by atoms with E-state index in [1.165, 1.54) is 16.0 Å². The Balaban J connectivity index is 1.96. The molecule has 0 amide bonds. The normalized spacial score (nSPS) is 10.7. The Labute approximate surface area is 124 Å². The summed E-state index contributed by atoms with van der Waals surface area (Å²) in [5.41, 5.74) is 2.68. The minimum atomic E-state index is 0.333. The maximum absolute atomic E-state index is 2.20. The van der Waals surface area contributed by atoms with Crippen molar-refractivity contribution >= 4 is 11.8 Å². The molecule has 20 heavy (non-hydrogen) atoms. The quantitative estimate of drug-likeness (QED) is 0.561. The molecule has 0 unspecified atom stereocenters. The smallest absolute Gasteiger partial charge is 0.0593 e. The molecule has 0 aliphatic rings. The minimum Gasteiger partial charge on any atom is -0.113 e. The lowest BCUT2D eigenvalue weighted by molar-refractivity contribution is 1.15. The van der Waals surface area contributed by atoms with Gasteiger partial charge in [-0.1, -0.05) is 78.9 Å². The fourth-order valence-corrected chi connectivity index (χ4v) is 3.39. The number of benzene rings is 3. The average molecular weight is 276 g/mol. The summed E-state index contributed by atoms with van der Waals surface area (Å²) in [5.74, 6) is 0. The van der Waals surface area contributed by atoms with E-state index in [0.717, 1.165) is 0 Å². The molecule has 3 aromatic rings. The summed E-state index contributed by atoms with van der Waals surface area (Å²) >= 11 is 1.89. The van der Waals surface area contributed by atoms with Gasteiger partial charge in [-0.25, -0.2) is 0 Å². The highest BCUT2D eigenvalue weighted by atomic mass is 32.2. The van der Waals surface area contributed by atoms with Crippen LogP contribution in [0.1, 0.15) is 16.4 Å². The molecule has 0 saturated carbocycles. The van der Waals surface area contributed by atoms with Gasteiger partial charge in [0, 0.05) is 4.90 Å². The third kappa shape index (κ3) is 3.12. The van der Waals surface area contributed by atoms with Gasteiger partial charge >= 0.3 is 0 Å². The molecule has 98 valence electrons. The molecule has 3 aromatic carbocycles. The zero-order chi connectivity index (χ0) is 13.6.